The standard InChI is InChI=1S/C36H54N6O6/c1-4-10-31(25-13-7-16-28(19-25)37-22-43)40-34(46)41(32(11-5-2)26-14-8-17-29(20-26)38-23-44)36(48)42(35(40)47)33(12-6-3)27-15-9-18-30(21-27)39-24-45/h25-33H,4-21H2,1-3H3. The first-order chi connectivity index (χ1) is 23.3. The normalized spacial score (nSPS) is 27.8. The fourth-order valence-corrected chi connectivity index (χ4v) is 9.29. The Bertz CT molecular complexity index is 1330. The average molecular weight is 667 g/mol. The summed E-state index contributed by atoms with van der Waals surface area (Å²) < 4.78 is 4.17. The van der Waals surface area contributed by atoms with Crippen molar-refractivity contribution in [1.82, 2.24) is 13.7 Å². The van der Waals surface area contributed by atoms with Crippen LogP contribution in [0.3, 0.4) is 0 Å². The first-order valence-corrected chi connectivity index (χ1v) is 18.5. The van der Waals surface area contributed by atoms with Crippen molar-refractivity contribution in [2.45, 2.75) is 173 Å². The van der Waals surface area contributed by atoms with Gasteiger partial charge in [0.25, 0.3) is 0 Å². The van der Waals surface area contributed by atoms with E-state index in [1.165, 1.54) is 13.7 Å². The van der Waals surface area contributed by atoms with Crippen molar-refractivity contribution in [3.05, 3.63) is 31.5 Å². The molecule has 12 heteroatoms. The third kappa shape index (κ3) is 8.58. The Kier molecular flexibility index (Phi) is 14.3. The molecular weight excluding hydrogens is 612 g/mol. The lowest BCUT2D eigenvalue weighted by atomic mass is 9.79. The van der Waals surface area contributed by atoms with Gasteiger partial charge < -0.3 is 0 Å². The van der Waals surface area contributed by atoms with Crippen molar-refractivity contribution in [3.63, 3.8) is 0 Å². The largest absolute Gasteiger partial charge is 0.336 e. The van der Waals surface area contributed by atoms with Crippen molar-refractivity contribution in [2.24, 2.45) is 32.7 Å². The summed E-state index contributed by atoms with van der Waals surface area (Å²) in [6.45, 7) is 6.09. The molecule has 9 atom stereocenters. The Morgan fingerprint density at radius 2 is 0.792 bits per heavy atom. The minimum atomic E-state index is -0.567. The molecule has 0 aromatic carbocycles. The van der Waals surface area contributed by atoms with Gasteiger partial charge in [0, 0.05) is 18.1 Å². The van der Waals surface area contributed by atoms with Gasteiger partial charge in [0.1, 0.15) is 0 Å². The topological polar surface area (TPSA) is 154 Å². The summed E-state index contributed by atoms with van der Waals surface area (Å²) in [5, 5.41) is 0. The van der Waals surface area contributed by atoms with Gasteiger partial charge in [-0.15, -0.1) is 0 Å². The molecule has 0 N–H and O–H groups in total. The fourth-order valence-electron chi connectivity index (χ4n) is 9.29. The van der Waals surface area contributed by atoms with Crippen LogP contribution in [0, 0.1) is 17.8 Å². The second-order valence-corrected chi connectivity index (χ2v) is 14.4. The summed E-state index contributed by atoms with van der Waals surface area (Å²) in [6, 6.07) is -2.00. The molecule has 12 nitrogen and oxygen atoms in total. The highest BCUT2D eigenvalue weighted by Gasteiger charge is 2.39. The quantitative estimate of drug-likeness (QED) is 0.168. The average Bonchev–Trinajstić information content (AvgIpc) is 3.08. The molecule has 3 aliphatic rings. The van der Waals surface area contributed by atoms with E-state index >= 15 is 0 Å². The number of aromatic nitrogens is 3. The van der Waals surface area contributed by atoms with Gasteiger partial charge in [-0.3, -0.25) is 0 Å². The maximum atomic E-state index is 14.9. The predicted octanol–water partition coefficient (Wildman–Crippen LogP) is 5.88. The number of hydrogen-bond acceptors (Lipinski definition) is 9. The van der Waals surface area contributed by atoms with Crippen LogP contribution in [-0.4, -0.2) is 50.1 Å². The van der Waals surface area contributed by atoms with Crippen LogP contribution in [0.1, 0.15) is 154 Å². The van der Waals surface area contributed by atoms with Crippen molar-refractivity contribution >= 4 is 18.2 Å². The van der Waals surface area contributed by atoms with Crippen LogP contribution in [0.15, 0.2) is 29.4 Å². The second kappa shape index (κ2) is 18.4. The molecule has 1 aromatic heterocycles. The minimum Gasteiger partial charge on any atom is -0.247 e. The van der Waals surface area contributed by atoms with E-state index in [9.17, 15) is 28.8 Å². The van der Waals surface area contributed by atoms with Crippen LogP contribution in [0.2, 0.25) is 0 Å². The molecule has 9 unspecified atom stereocenters. The molecule has 3 aliphatic carbocycles. The molecule has 3 fully saturated rings. The molecule has 0 saturated heterocycles. The van der Waals surface area contributed by atoms with E-state index in [0.29, 0.717) is 38.5 Å². The van der Waals surface area contributed by atoms with Gasteiger partial charge in [0.2, 0.25) is 18.2 Å². The maximum Gasteiger partial charge on any atom is 0.336 e. The fraction of sp³-hybridized carbons (Fsp3) is 0.833. The number of aliphatic imine (C=N–C) groups is 3. The van der Waals surface area contributed by atoms with E-state index < -0.39 is 35.2 Å². The molecule has 0 radical (unpaired) electrons. The van der Waals surface area contributed by atoms with E-state index in [0.717, 1.165) is 77.0 Å². The second-order valence-electron chi connectivity index (χ2n) is 14.4. The summed E-state index contributed by atoms with van der Waals surface area (Å²) in [5.74, 6) is -0.203. The predicted molar refractivity (Wildman–Crippen MR) is 183 cm³/mol. The first kappa shape index (κ1) is 37.4. The third-order valence-corrected chi connectivity index (χ3v) is 11.4. The first-order valence-electron chi connectivity index (χ1n) is 18.5. The van der Waals surface area contributed by atoms with Crippen LogP contribution in [0.25, 0.3) is 0 Å². The molecule has 3 saturated carbocycles. The van der Waals surface area contributed by atoms with Gasteiger partial charge in [-0.25, -0.2) is 57.4 Å². The summed E-state index contributed by atoms with van der Waals surface area (Å²) in [7, 11) is 0. The van der Waals surface area contributed by atoms with Gasteiger partial charge in [-0.05, 0) is 94.8 Å². The lowest BCUT2D eigenvalue weighted by Crippen LogP contribution is -2.59. The van der Waals surface area contributed by atoms with Gasteiger partial charge in [-0.1, -0.05) is 59.3 Å². The van der Waals surface area contributed by atoms with Crippen molar-refractivity contribution in [1.29, 1.82) is 0 Å². The molecule has 0 bridgehead atoms. The molecule has 1 aromatic rings. The molecular formula is C36H54N6O6. The lowest BCUT2D eigenvalue weighted by Gasteiger charge is -2.38. The Morgan fingerprint density at radius 3 is 1.02 bits per heavy atom. The van der Waals surface area contributed by atoms with Gasteiger partial charge in [0.05, 0.1) is 18.1 Å². The molecule has 48 heavy (non-hydrogen) atoms. The molecule has 4 rings (SSSR count). The van der Waals surface area contributed by atoms with Crippen LogP contribution >= 0.6 is 0 Å². The van der Waals surface area contributed by atoms with Crippen LogP contribution < -0.4 is 17.1 Å². The van der Waals surface area contributed by atoms with Crippen molar-refractivity contribution in [2.75, 3.05) is 0 Å². The number of rotatable bonds is 15. The van der Waals surface area contributed by atoms with E-state index in [1.807, 2.05) is 20.8 Å². The van der Waals surface area contributed by atoms with Crippen LogP contribution in [0.5, 0.6) is 0 Å². The van der Waals surface area contributed by atoms with Crippen molar-refractivity contribution in [3.8, 4) is 0 Å². The monoisotopic (exact) mass is 666 g/mol. The Hall–Kier alpha value is -3.45. The summed E-state index contributed by atoms with van der Waals surface area (Å²) in [4.78, 5) is 90.3. The highest BCUT2D eigenvalue weighted by Crippen LogP contribution is 2.39. The summed E-state index contributed by atoms with van der Waals surface area (Å²) in [5.41, 5.74) is -1.70. The van der Waals surface area contributed by atoms with E-state index in [2.05, 4.69) is 15.0 Å². The highest BCUT2D eigenvalue weighted by molar-refractivity contribution is 5.34. The Balaban J connectivity index is 1.98. The Morgan fingerprint density at radius 1 is 0.521 bits per heavy atom. The Labute approximate surface area is 282 Å². The molecule has 0 aliphatic heterocycles. The van der Waals surface area contributed by atoms with E-state index in [4.69, 9.17) is 0 Å². The molecule has 0 spiro atoms. The molecule has 1 heterocycles. The van der Waals surface area contributed by atoms with E-state index in [-0.39, 0.29) is 35.9 Å². The van der Waals surface area contributed by atoms with Gasteiger partial charge >= 0.3 is 17.1 Å². The van der Waals surface area contributed by atoms with Gasteiger partial charge in [-0.2, -0.15) is 0 Å². The summed E-state index contributed by atoms with van der Waals surface area (Å²) in [6.07, 6.45) is 17.9. The molecule has 0 amide bonds. The number of isocyanates is 3. The highest BCUT2D eigenvalue weighted by atomic mass is 16.2. The minimum absolute atomic E-state index is 0.0677. The van der Waals surface area contributed by atoms with Crippen LogP contribution in [0.4, 0.5) is 0 Å². The number of carbonyl (C=O) groups excluding carboxylic acids is 3. The zero-order valence-electron chi connectivity index (χ0n) is 29.1. The van der Waals surface area contributed by atoms with Crippen molar-refractivity contribution < 1.29 is 14.4 Å². The zero-order valence-corrected chi connectivity index (χ0v) is 29.1. The number of nitrogens with zero attached hydrogens (tertiary/aromatic N) is 6. The SMILES string of the molecule is CCCC(C1CCCC(N=C=O)C1)n1c(=O)n(C(CCC)C2CCCC(N=C=O)C2)c(=O)n(C(CCC)C2CCCC(N=C=O)C2)c1=O. The van der Waals surface area contributed by atoms with E-state index in [1.54, 1.807) is 18.2 Å². The summed E-state index contributed by atoms with van der Waals surface area (Å²) >= 11 is 0. The zero-order chi connectivity index (χ0) is 34.6. The van der Waals surface area contributed by atoms with Gasteiger partial charge in [0.15, 0.2) is 0 Å². The smallest absolute Gasteiger partial charge is 0.247 e. The molecule has 264 valence electrons. The third-order valence-electron chi connectivity index (χ3n) is 11.4. The van der Waals surface area contributed by atoms with Crippen LogP contribution in [-0.2, 0) is 14.4 Å². The maximum absolute atomic E-state index is 14.9. The lowest BCUT2D eigenvalue weighted by molar-refractivity contribution is 0.158. The number of hydrogen-bond donors (Lipinski definition) is 0.